The summed E-state index contributed by atoms with van der Waals surface area (Å²) in [5.74, 6) is 1.05. The predicted molar refractivity (Wildman–Crippen MR) is 83.1 cm³/mol. The highest BCUT2D eigenvalue weighted by molar-refractivity contribution is 5.77. The van der Waals surface area contributed by atoms with Gasteiger partial charge in [-0.25, -0.2) is 9.97 Å². The number of benzene rings is 1. The Labute approximate surface area is 122 Å². The summed E-state index contributed by atoms with van der Waals surface area (Å²) in [5, 5.41) is 0. The lowest BCUT2D eigenvalue weighted by molar-refractivity contribution is 0.868. The minimum Gasteiger partial charge on any atom is -0.371 e. The third kappa shape index (κ3) is 1.91. The molecule has 0 fully saturated rings. The number of hydrogen-bond donors (Lipinski definition) is 2. The molecule has 0 atom stereocenters. The Kier molecular flexibility index (Phi) is 2.57. The summed E-state index contributed by atoms with van der Waals surface area (Å²) in [6.45, 7) is 4.33. The molecule has 6 nitrogen and oxygen atoms in total. The van der Waals surface area contributed by atoms with Crippen molar-refractivity contribution in [2.75, 3.05) is 23.7 Å². The van der Waals surface area contributed by atoms with E-state index in [1.165, 1.54) is 11.3 Å². The molecular weight excluding hydrogens is 264 g/mol. The van der Waals surface area contributed by atoms with Crippen LogP contribution in [0.4, 0.5) is 11.6 Å². The minimum absolute atomic E-state index is 0.244. The monoisotopic (exact) mass is 280 g/mol. The molecule has 0 saturated carbocycles. The van der Waals surface area contributed by atoms with Gasteiger partial charge in [0.05, 0.1) is 6.20 Å². The standard InChI is InChI=1S/C15H16N6/c1-2-21-6-5-9-7-10(3-4-12(9)21)13-18-11-8-17-15(16)20-14(11)19-13/h3-4,7-8H,2,5-6H2,1H3,(H3,16,17,18,19,20). The molecule has 2 aromatic heterocycles. The zero-order valence-corrected chi connectivity index (χ0v) is 11.8. The Hall–Kier alpha value is -2.63. The SMILES string of the molecule is CCN1CCc2cc(-c3nc4nc(N)ncc4[nH]3)ccc21. The molecule has 0 bridgehead atoms. The largest absolute Gasteiger partial charge is 0.371 e. The Morgan fingerprint density at radius 3 is 3.10 bits per heavy atom. The van der Waals surface area contributed by atoms with E-state index >= 15 is 0 Å². The van der Waals surface area contributed by atoms with Gasteiger partial charge in [0, 0.05) is 24.3 Å². The molecule has 106 valence electrons. The number of rotatable bonds is 2. The van der Waals surface area contributed by atoms with Gasteiger partial charge < -0.3 is 15.6 Å². The summed E-state index contributed by atoms with van der Waals surface area (Å²) < 4.78 is 0. The van der Waals surface area contributed by atoms with E-state index < -0.39 is 0 Å². The molecule has 0 radical (unpaired) electrons. The zero-order chi connectivity index (χ0) is 14.4. The summed E-state index contributed by atoms with van der Waals surface area (Å²) >= 11 is 0. The van der Waals surface area contributed by atoms with Crippen molar-refractivity contribution in [2.45, 2.75) is 13.3 Å². The number of fused-ring (bicyclic) bond motifs is 2. The number of nitrogen functional groups attached to an aromatic ring is 1. The van der Waals surface area contributed by atoms with Crippen LogP contribution in [0.3, 0.4) is 0 Å². The van der Waals surface area contributed by atoms with Crippen LogP contribution >= 0.6 is 0 Å². The third-order valence-electron chi connectivity index (χ3n) is 3.98. The molecule has 6 heteroatoms. The molecule has 0 aliphatic carbocycles. The van der Waals surface area contributed by atoms with Crippen molar-refractivity contribution in [3.05, 3.63) is 30.0 Å². The highest BCUT2D eigenvalue weighted by Crippen LogP contribution is 2.31. The lowest BCUT2D eigenvalue weighted by Crippen LogP contribution is -2.18. The van der Waals surface area contributed by atoms with Crippen LogP contribution in [0.5, 0.6) is 0 Å². The number of H-pyrrole nitrogens is 1. The van der Waals surface area contributed by atoms with Crippen molar-refractivity contribution in [1.82, 2.24) is 19.9 Å². The van der Waals surface area contributed by atoms with E-state index in [-0.39, 0.29) is 5.95 Å². The predicted octanol–water partition coefficient (Wildman–Crippen LogP) is 1.98. The van der Waals surface area contributed by atoms with Crippen molar-refractivity contribution < 1.29 is 0 Å². The van der Waals surface area contributed by atoms with E-state index in [2.05, 4.69) is 50.0 Å². The van der Waals surface area contributed by atoms with Crippen LogP contribution in [0, 0.1) is 0 Å². The number of anilines is 2. The lowest BCUT2D eigenvalue weighted by atomic mass is 10.1. The first-order valence-electron chi connectivity index (χ1n) is 7.11. The Morgan fingerprint density at radius 1 is 1.33 bits per heavy atom. The second-order valence-corrected chi connectivity index (χ2v) is 5.22. The molecule has 3 N–H and O–H groups in total. The van der Waals surface area contributed by atoms with Crippen LogP contribution in [0.25, 0.3) is 22.6 Å². The van der Waals surface area contributed by atoms with Crippen molar-refractivity contribution >= 4 is 22.8 Å². The highest BCUT2D eigenvalue weighted by atomic mass is 15.1. The van der Waals surface area contributed by atoms with Gasteiger partial charge in [0.2, 0.25) is 5.95 Å². The number of aromatic amines is 1. The molecule has 0 unspecified atom stereocenters. The van der Waals surface area contributed by atoms with Crippen LogP contribution in [0.2, 0.25) is 0 Å². The number of nitrogens with zero attached hydrogens (tertiary/aromatic N) is 4. The lowest BCUT2D eigenvalue weighted by Gasteiger charge is -2.16. The van der Waals surface area contributed by atoms with Gasteiger partial charge in [-0.2, -0.15) is 4.98 Å². The van der Waals surface area contributed by atoms with Crippen molar-refractivity contribution in [1.29, 1.82) is 0 Å². The van der Waals surface area contributed by atoms with Gasteiger partial charge in [-0.15, -0.1) is 0 Å². The van der Waals surface area contributed by atoms with E-state index in [9.17, 15) is 0 Å². The summed E-state index contributed by atoms with van der Waals surface area (Å²) in [6, 6.07) is 6.48. The molecule has 1 aromatic carbocycles. The zero-order valence-electron chi connectivity index (χ0n) is 11.8. The quantitative estimate of drug-likeness (QED) is 0.750. The normalized spacial score (nSPS) is 13.9. The van der Waals surface area contributed by atoms with Gasteiger partial charge in [0.1, 0.15) is 11.3 Å². The van der Waals surface area contributed by atoms with E-state index in [0.717, 1.165) is 36.4 Å². The fourth-order valence-electron chi connectivity index (χ4n) is 2.90. The smallest absolute Gasteiger partial charge is 0.222 e. The first-order chi connectivity index (χ1) is 10.2. The van der Waals surface area contributed by atoms with Crippen LogP contribution < -0.4 is 10.6 Å². The van der Waals surface area contributed by atoms with E-state index in [0.29, 0.717) is 5.65 Å². The first kappa shape index (κ1) is 12.1. The van der Waals surface area contributed by atoms with Gasteiger partial charge >= 0.3 is 0 Å². The topological polar surface area (TPSA) is 83.7 Å². The van der Waals surface area contributed by atoms with Crippen molar-refractivity contribution in [2.24, 2.45) is 0 Å². The average molecular weight is 280 g/mol. The second kappa shape index (κ2) is 4.44. The van der Waals surface area contributed by atoms with Gasteiger partial charge in [-0.3, -0.25) is 0 Å². The molecular formula is C15H16N6. The van der Waals surface area contributed by atoms with Crippen LogP contribution in [0.15, 0.2) is 24.4 Å². The van der Waals surface area contributed by atoms with Crippen LogP contribution in [0.1, 0.15) is 12.5 Å². The fraction of sp³-hybridized carbons (Fsp3) is 0.267. The number of nitrogens with one attached hydrogen (secondary N) is 1. The van der Waals surface area contributed by atoms with Gasteiger partial charge in [0.15, 0.2) is 5.65 Å². The van der Waals surface area contributed by atoms with Gasteiger partial charge in [-0.1, -0.05) is 0 Å². The van der Waals surface area contributed by atoms with Gasteiger partial charge in [-0.05, 0) is 37.1 Å². The molecule has 0 amide bonds. The highest BCUT2D eigenvalue weighted by Gasteiger charge is 2.18. The fourth-order valence-corrected chi connectivity index (χ4v) is 2.90. The first-order valence-corrected chi connectivity index (χ1v) is 7.11. The third-order valence-corrected chi connectivity index (χ3v) is 3.98. The maximum Gasteiger partial charge on any atom is 0.222 e. The molecule has 1 aliphatic rings. The number of hydrogen-bond acceptors (Lipinski definition) is 5. The molecule has 3 aromatic rings. The Balaban J connectivity index is 1.78. The molecule has 0 saturated heterocycles. The minimum atomic E-state index is 0.244. The van der Waals surface area contributed by atoms with Gasteiger partial charge in [0.25, 0.3) is 0 Å². The number of aromatic nitrogens is 4. The summed E-state index contributed by atoms with van der Waals surface area (Å²) in [7, 11) is 0. The van der Waals surface area contributed by atoms with E-state index in [1.807, 2.05) is 0 Å². The Bertz CT molecular complexity index is 822. The summed E-state index contributed by atoms with van der Waals surface area (Å²) in [4.78, 5) is 18.3. The van der Waals surface area contributed by atoms with E-state index in [1.54, 1.807) is 6.20 Å². The molecule has 3 heterocycles. The molecule has 4 rings (SSSR count). The summed E-state index contributed by atoms with van der Waals surface area (Å²) in [5.41, 5.74) is 10.8. The molecule has 0 spiro atoms. The molecule has 1 aliphatic heterocycles. The van der Waals surface area contributed by atoms with E-state index in [4.69, 9.17) is 5.73 Å². The Morgan fingerprint density at radius 2 is 2.24 bits per heavy atom. The summed E-state index contributed by atoms with van der Waals surface area (Å²) in [6.07, 6.45) is 2.75. The van der Waals surface area contributed by atoms with Crippen LogP contribution in [-0.4, -0.2) is 33.0 Å². The second-order valence-electron chi connectivity index (χ2n) is 5.22. The van der Waals surface area contributed by atoms with Crippen molar-refractivity contribution in [3.63, 3.8) is 0 Å². The maximum absolute atomic E-state index is 5.59. The average Bonchev–Trinajstić information content (AvgIpc) is 3.09. The van der Waals surface area contributed by atoms with Crippen molar-refractivity contribution in [3.8, 4) is 11.4 Å². The maximum atomic E-state index is 5.59. The van der Waals surface area contributed by atoms with Crippen LogP contribution in [-0.2, 0) is 6.42 Å². The molecule has 21 heavy (non-hydrogen) atoms. The number of nitrogens with two attached hydrogens (primary N) is 1. The number of likely N-dealkylation sites (N-methyl/N-ethyl adjacent to an activating group) is 1. The number of imidazole rings is 1.